The molecule has 0 bridgehead atoms. The van der Waals surface area contributed by atoms with Crippen molar-refractivity contribution in [2.24, 2.45) is 0 Å². The summed E-state index contributed by atoms with van der Waals surface area (Å²) in [7, 11) is 0. The number of piperidine rings is 1. The summed E-state index contributed by atoms with van der Waals surface area (Å²) in [5, 5.41) is 16.9. The van der Waals surface area contributed by atoms with Crippen LogP contribution in [0.2, 0.25) is 0 Å². The summed E-state index contributed by atoms with van der Waals surface area (Å²) < 4.78 is 0. The molecular formula is C16H20N4O2. The summed E-state index contributed by atoms with van der Waals surface area (Å²) in [6, 6.07) is 9.59. The van der Waals surface area contributed by atoms with Crippen molar-refractivity contribution in [1.29, 1.82) is 0 Å². The van der Waals surface area contributed by atoms with Gasteiger partial charge in [0.2, 0.25) is 0 Å². The van der Waals surface area contributed by atoms with Gasteiger partial charge in [0.15, 0.2) is 0 Å². The first kappa shape index (κ1) is 14.7. The van der Waals surface area contributed by atoms with Gasteiger partial charge in [0, 0.05) is 25.4 Å². The van der Waals surface area contributed by atoms with Crippen molar-refractivity contribution in [1.82, 2.24) is 20.1 Å². The number of carbonyl (C=O) groups excluding carboxylic acids is 1. The summed E-state index contributed by atoms with van der Waals surface area (Å²) in [6.07, 6.45) is 2.60. The second-order valence-electron chi connectivity index (χ2n) is 5.68. The Hall–Kier alpha value is -2.21. The van der Waals surface area contributed by atoms with E-state index in [9.17, 15) is 9.90 Å². The molecule has 1 saturated heterocycles. The fourth-order valence-electron chi connectivity index (χ4n) is 2.92. The molecule has 0 spiro atoms. The standard InChI is InChI=1S/C16H20N4O2/c21-14(10-12-4-2-1-3-5-12)16(22)20-8-6-13(7-9-20)15-17-11-18-19-15/h1-5,11,13-14,21H,6-10H2,(H,17,18,19)/t14-/m0/s1. The molecule has 2 N–H and O–H groups in total. The number of likely N-dealkylation sites (tertiary alicyclic amines) is 1. The monoisotopic (exact) mass is 300 g/mol. The van der Waals surface area contributed by atoms with Crippen LogP contribution in [-0.4, -0.2) is 50.3 Å². The molecule has 1 aliphatic rings. The molecule has 6 heteroatoms. The van der Waals surface area contributed by atoms with Crippen LogP contribution in [0.25, 0.3) is 0 Å². The quantitative estimate of drug-likeness (QED) is 0.886. The molecule has 2 heterocycles. The van der Waals surface area contributed by atoms with Crippen LogP contribution < -0.4 is 0 Å². The number of H-pyrrole nitrogens is 1. The molecule has 1 fully saturated rings. The number of hydrogen-bond acceptors (Lipinski definition) is 4. The molecule has 6 nitrogen and oxygen atoms in total. The van der Waals surface area contributed by atoms with E-state index < -0.39 is 6.10 Å². The number of hydrogen-bond donors (Lipinski definition) is 2. The normalized spacial score (nSPS) is 17.4. The van der Waals surface area contributed by atoms with Crippen LogP contribution in [0.1, 0.15) is 30.1 Å². The maximum absolute atomic E-state index is 12.3. The molecule has 22 heavy (non-hydrogen) atoms. The van der Waals surface area contributed by atoms with Gasteiger partial charge in [0.1, 0.15) is 18.3 Å². The van der Waals surface area contributed by atoms with Gasteiger partial charge in [0.05, 0.1) is 0 Å². The highest BCUT2D eigenvalue weighted by Crippen LogP contribution is 2.25. The third kappa shape index (κ3) is 3.33. The molecule has 1 aromatic heterocycles. The highest BCUT2D eigenvalue weighted by atomic mass is 16.3. The van der Waals surface area contributed by atoms with Crippen LogP contribution in [0.5, 0.6) is 0 Å². The predicted octanol–water partition coefficient (Wildman–Crippen LogP) is 1.11. The highest BCUT2D eigenvalue weighted by molar-refractivity contribution is 5.81. The first-order valence-corrected chi connectivity index (χ1v) is 7.60. The van der Waals surface area contributed by atoms with E-state index in [1.165, 1.54) is 6.33 Å². The van der Waals surface area contributed by atoms with Crippen molar-refractivity contribution in [3.63, 3.8) is 0 Å². The van der Waals surface area contributed by atoms with Crippen molar-refractivity contribution < 1.29 is 9.90 Å². The van der Waals surface area contributed by atoms with E-state index in [1.54, 1.807) is 4.90 Å². The van der Waals surface area contributed by atoms with Gasteiger partial charge in [-0.1, -0.05) is 30.3 Å². The van der Waals surface area contributed by atoms with Crippen molar-refractivity contribution in [3.05, 3.63) is 48.0 Å². The average molecular weight is 300 g/mol. The zero-order valence-electron chi connectivity index (χ0n) is 12.4. The number of aromatic amines is 1. The number of rotatable bonds is 4. The Morgan fingerprint density at radius 2 is 2.05 bits per heavy atom. The van der Waals surface area contributed by atoms with Gasteiger partial charge >= 0.3 is 0 Å². The summed E-state index contributed by atoms with van der Waals surface area (Å²) >= 11 is 0. The number of benzene rings is 1. The Morgan fingerprint density at radius 1 is 1.32 bits per heavy atom. The van der Waals surface area contributed by atoms with Gasteiger partial charge in [-0.2, -0.15) is 5.10 Å². The van der Waals surface area contributed by atoms with Crippen LogP contribution in [0.3, 0.4) is 0 Å². The number of aliphatic hydroxyl groups is 1. The number of amides is 1. The smallest absolute Gasteiger partial charge is 0.251 e. The lowest BCUT2D eigenvalue weighted by atomic mass is 9.95. The molecule has 2 aromatic rings. The lowest BCUT2D eigenvalue weighted by Gasteiger charge is -2.32. The minimum atomic E-state index is -0.968. The van der Waals surface area contributed by atoms with Gasteiger partial charge in [-0.25, -0.2) is 4.98 Å². The molecular weight excluding hydrogens is 280 g/mol. The minimum Gasteiger partial charge on any atom is -0.383 e. The number of nitrogens with zero attached hydrogens (tertiary/aromatic N) is 3. The van der Waals surface area contributed by atoms with Crippen LogP contribution >= 0.6 is 0 Å². The van der Waals surface area contributed by atoms with Crippen LogP contribution in [0.15, 0.2) is 36.7 Å². The first-order chi connectivity index (χ1) is 10.7. The molecule has 0 radical (unpaired) electrons. The number of carbonyl (C=O) groups is 1. The molecule has 116 valence electrons. The van der Waals surface area contributed by atoms with Crippen LogP contribution in [0, 0.1) is 0 Å². The highest BCUT2D eigenvalue weighted by Gasteiger charge is 2.28. The maximum atomic E-state index is 12.3. The van der Waals surface area contributed by atoms with E-state index in [4.69, 9.17) is 0 Å². The van der Waals surface area contributed by atoms with Gasteiger partial charge in [-0.3, -0.25) is 9.89 Å². The predicted molar refractivity (Wildman–Crippen MR) is 81.1 cm³/mol. The van der Waals surface area contributed by atoms with Gasteiger partial charge in [-0.15, -0.1) is 0 Å². The number of nitrogens with one attached hydrogen (secondary N) is 1. The Kier molecular flexibility index (Phi) is 4.48. The van der Waals surface area contributed by atoms with Crippen LogP contribution in [-0.2, 0) is 11.2 Å². The van der Waals surface area contributed by atoms with E-state index >= 15 is 0 Å². The minimum absolute atomic E-state index is 0.181. The van der Waals surface area contributed by atoms with Crippen molar-refractivity contribution in [2.45, 2.75) is 31.3 Å². The second kappa shape index (κ2) is 6.70. The lowest BCUT2D eigenvalue weighted by Crippen LogP contribution is -2.44. The molecule has 0 unspecified atom stereocenters. The van der Waals surface area contributed by atoms with Gasteiger partial charge in [0.25, 0.3) is 5.91 Å². The largest absolute Gasteiger partial charge is 0.383 e. The third-order valence-corrected chi connectivity index (χ3v) is 4.18. The maximum Gasteiger partial charge on any atom is 0.251 e. The summed E-state index contributed by atoms with van der Waals surface area (Å²) in [5.74, 6) is 1.02. The van der Waals surface area contributed by atoms with Crippen LogP contribution in [0.4, 0.5) is 0 Å². The Labute approximate surface area is 129 Å². The van der Waals surface area contributed by atoms with E-state index in [1.807, 2.05) is 30.3 Å². The van der Waals surface area contributed by atoms with Gasteiger partial charge in [-0.05, 0) is 18.4 Å². The third-order valence-electron chi connectivity index (χ3n) is 4.18. The molecule has 1 aromatic carbocycles. The zero-order chi connectivity index (χ0) is 15.4. The van der Waals surface area contributed by atoms with E-state index in [0.29, 0.717) is 25.4 Å². The van der Waals surface area contributed by atoms with E-state index in [2.05, 4.69) is 15.2 Å². The zero-order valence-corrected chi connectivity index (χ0v) is 12.4. The average Bonchev–Trinajstić information content (AvgIpc) is 3.10. The van der Waals surface area contributed by atoms with Crippen molar-refractivity contribution in [2.75, 3.05) is 13.1 Å². The second-order valence-corrected chi connectivity index (χ2v) is 5.68. The molecule has 1 atom stereocenters. The van der Waals surface area contributed by atoms with Crippen molar-refractivity contribution >= 4 is 5.91 Å². The molecule has 0 aliphatic carbocycles. The lowest BCUT2D eigenvalue weighted by molar-refractivity contribution is -0.141. The fraction of sp³-hybridized carbons (Fsp3) is 0.438. The van der Waals surface area contributed by atoms with Gasteiger partial charge < -0.3 is 10.0 Å². The summed E-state index contributed by atoms with van der Waals surface area (Å²) in [5.41, 5.74) is 0.972. The Balaban J connectivity index is 1.53. The van der Waals surface area contributed by atoms with E-state index in [-0.39, 0.29) is 5.91 Å². The Morgan fingerprint density at radius 3 is 2.68 bits per heavy atom. The SMILES string of the molecule is O=C([C@@H](O)Cc1ccccc1)N1CCC(c2ncn[nH]2)CC1. The van der Waals surface area contributed by atoms with Crippen molar-refractivity contribution in [3.8, 4) is 0 Å². The molecule has 3 rings (SSSR count). The Bertz CT molecular complexity index is 592. The van der Waals surface area contributed by atoms with E-state index in [0.717, 1.165) is 24.2 Å². The number of aliphatic hydroxyl groups excluding tert-OH is 1. The number of aromatic nitrogens is 3. The molecule has 1 amide bonds. The molecule has 0 saturated carbocycles. The topological polar surface area (TPSA) is 82.1 Å². The summed E-state index contributed by atoms with van der Waals surface area (Å²) in [6.45, 7) is 1.30. The fourth-order valence-corrected chi connectivity index (χ4v) is 2.92. The summed E-state index contributed by atoms with van der Waals surface area (Å²) in [4.78, 5) is 18.3. The molecule has 1 aliphatic heterocycles. The first-order valence-electron chi connectivity index (χ1n) is 7.60.